The Morgan fingerprint density at radius 2 is 1.66 bits per heavy atom. The largest absolute Gasteiger partial charge is 0.352 e. The number of fused-ring (bicyclic) bond motifs is 1. The Morgan fingerprint density at radius 1 is 0.914 bits per heavy atom. The van der Waals surface area contributed by atoms with Crippen LogP contribution in [0.15, 0.2) is 48.5 Å². The molecule has 2 aromatic carbocycles. The number of unbranched alkanes of at least 4 members (excludes halogenated alkanes) is 2. The van der Waals surface area contributed by atoms with Crippen LogP contribution in [-0.4, -0.2) is 45.9 Å². The number of imidazole rings is 1. The van der Waals surface area contributed by atoms with E-state index in [2.05, 4.69) is 20.9 Å². The Hall–Kier alpha value is -3.15. The van der Waals surface area contributed by atoms with Crippen LogP contribution in [0.2, 0.25) is 0 Å². The van der Waals surface area contributed by atoms with Gasteiger partial charge in [0.25, 0.3) is 5.91 Å². The van der Waals surface area contributed by atoms with Crippen molar-refractivity contribution < 1.29 is 9.59 Å². The Morgan fingerprint density at radius 3 is 2.43 bits per heavy atom. The second-order valence-electron chi connectivity index (χ2n) is 9.65. The number of nitrogens with one attached hydrogen (secondary N) is 1. The second kappa shape index (κ2) is 12.5. The molecule has 6 nitrogen and oxygen atoms in total. The van der Waals surface area contributed by atoms with Crippen molar-refractivity contribution in [3.8, 4) is 0 Å². The van der Waals surface area contributed by atoms with E-state index in [9.17, 15) is 9.59 Å². The highest BCUT2D eigenvalue weighted by atomic mass is 16.2. The monoisotopic (exact) mass is 474 g/mol. The van der Waals surface area contributed by atoms with E-state index in [4.69, 9.17) is 4.98 Å². The van der Waals surface area contributed by atoms with E-state index in [1.807, 2.05) is 49.4 Å². The molecule has 0 aliphatic carbocycles. The van der Waals surface area contributed by atoms with E-state index in [1.165, 1.54) is 12.8 Å². The predicted octanol–water partition coefficient (Wildman–Crippen LogP) is 5.28. The highest BCUT2D eigenvalue weighted by Crippen LogP contribution is 2.19. The highest BCUT2D eigenvalue weighted by Gasteiger charge is 2.17. The average Bonchev–Trinajstić information content (AvgIpc) is 3.02. The van der Waals surface area contributed by atoms with Crippen LogP contribution in [0.3, 0.4) is 0 Å². The molecule has 0 atom stereocenters. The first-order chi connectivity index (χ1) is 17.1. The van der Waals surface area contributed by atoms with Crippen LogP contribution in [0.4, 0.5) is 0 Å². The van der Waals surface area contributed by atoms with Gasteiger partial charge in [0.05, 0.1) is 11.0 Å². The summed E-state index contributed by atoms with van der Waals surface area (Å²) in [5.41, 5.74) is 3.96. The molecule has 1 aromatic heterocycles. The average molecular weight is 475 g/mol. The van der Waals surface area contributed by atoms with Crippen molar-refractivity contribution in [1.82, 2.24) is 19.8 Å². The van der Waals surface area contributed by atoms with Gasteiger partial charge in [0.1, 0.15) is 5.82 Å². The third-order valence-electron chi connectivity index (χ3n) is 6.92. The number of carbonyl (C=O) groups excluding carboxylic acids is 2. The number of nitrogens with zero attached hydrogens (tertiary/aromatic N) is 3. The predicted molar refractivity (Wildman–Crippen MR) is 140 cm³/mol. The fraction of sp³-hybridized carbons (Fsp3) is 0.483. The fourth-order valence-corrected chi connectivity index (χ4v) is 4.85. The molecular formula is C29H38N4O2. The van der Waals surface area contributed by atoms with Crippen LogP contribution in [0.5, 0.6) is 0 Å². The molecule has 1 fully saturated rings. The maximum absolute atomic E-state index is 12.9. The van der Waals surface area contributed by atoms with Crippen molar-refractivity contribution in [3.63, 3.8) is 0 Å². The quantitative estimate of drug-likeness (QED) is 0.407. The van der Waals surface area contributed by atoms with Gasteiger partial charge >= 0.3 is 0 Å². The van der Waals surface area contributed by atoms with Gasteiger partial charge in [-0.15, -0.1) is 0 Å². The molecule has 0 bridgehead atoms. The first kappa shape index (κ1) is 25.0. The maximum atomic E-state index is 12.9. The lowest BCUT2D eigenvalue weighted by molar-refractivity contribution is -0.131. The first-order valence-corrected chi connectivity index (χ1v) is 13.2. The molecule has 1 N–H and O–H groups in total. The number of carbonyl (C=O) groups is 2. The minimum absolute atomic E-state index is 0.0131. The summed E-state index contributed by atoms with van der Waals surface area (Å²) in [5.74, 6) is 1.30. The van der Waals surface area contributed by atoms with E-state index in [0.717, 1.165) is 74.0 Å². The minimum atomic E-state index is -0.0131. The first-order valence-electron chi connectivity index (χ1n) is 13.2. The molecule has 186 valence electrons. The molecule has 1 aliphatic rings. The lowest BCUT2D eigenvalue weighted by Gasteiger charge is -2.20. The van der Waals surface area contributed by atoms with Crippen LogP contribution in [0, 0.1) is 6.92 Å². The van der Waals surface area contributed by atoms with E-state index in [0.29, 0.717) is 25.1 Å². The normalized spacial score (nSPS) is 14.1. The fourth-order valence-electron chi connectivity index (χ4n) is 4.85. The molecule has 2 amide bonds. The molecule has 3 aromatic rings. The summed E-state index contributed by atoms with van der Waals surface area (Å²) in [5, 5.41) is 3.02. The summed E-state index contributed by atoms with van der Waals surface area (Å²) in [6.45, 7) is 5.17. The number of aromatic nitrogens is 2. The Balaban J connectivity index is 1.27. The Labute approximate surface area is 208 Å². The molecule has 1 saturated heterocycles. The summed E-state index contributed by atoms with van der Waals surface area (Å²) in [6, 6.07) is 15.9. The molecule has 0 unspecified atom stereocenters. The number of benzene rings is 2. The van der Waals surface area contributed by atoms with Crippen LogP contribution >= 0.6 is 0 Å². The van der Waals surface area contributed by atoms with Crippen molar-refractivity contribution in [2.45, 2.75) is 71.3 Å². The maximum Gasteiger partial charge on any atom is 0.251 e. The van der Waals surface area contributed by atoms with Gasteiger partial charge in [0.2, 0.25) is 5.91 Å². The Bertz CT molecular complexity index is 1110. The van der Waals surface area contributed by atoms with Crippen LogP contribution in [-0.2, 0) is 17.8 Å². The van der Waals surface area contributed by atoms with Gasteiger partial charge in [0, 0.05) is 44.6 Å². The number of hydrogen-bond donors (Lipinski definition) is 1. The van der Waals surface area contributed by atoms with Gasteiger partial charge in [-0.1, -0.05) is 49.1 Å². The second-order valence-corrected chi connectivity index (χ2v) is 9.65. The van der Waals surface area contributed by atoms with E-state index >= 15 is 0 Å². The summed E-state index contributed by atoms with van der Waals surface area (Å²) in [7, 11) is 0. The molecule has 1 aliphatic heterocycles. The lowest BCUT2D eigenvalue weighted by Crippen LogP contribution is -2.32. The van der Waals surface area contributed by atoms with E-state index < -0.39 is 0 Å². The van der Waals surface area contributed by atoms with Gasteiger partial charge in [-0.25, -0.2) is 4.98 Å². The summed E-state index contributed by atoms with van der Waals surface area (Å²) in [4.78, 5) is 32.0. The number of rotatable bonds is 10. The zero-order valence-electron chi connectivity index (χ0n) is 21.0. The number of aryl methyl sites for hydroxylation is 3. The van der Waals surface area contributed by atoms with Crippen molar-refractivity contribution >= 4 is 22.8 Å². The highest BCUT2D eigenvalue weighted by molar-refractivity contribution is 5.94. The molecule has 4 rings (SSSR count). The van der Waals surface area contributed by atoms with Crippen LogP contribution in [0.1, 0.15) is 73.1 Å². The van der Waals surface area contributed by atoms with Gasteiger partial charge in [-0.2, -0.15) is 0 Å². The molecule has 35 heavy (non-hydrogen) atoms. The smallest absolute Gasteiger partial charge is 0.251 e. The molecule has 0 saturated carbocycles. The van der Waals surface area contributed by atoms with Gasteiger partial charge in [-0.05, 0) is 56.9 Å². The van der Waals surface area contributed by atoms with Crippen LogP contribution < -0.4 is 5.32 Å². The lowest BCUT2D eigenvalue weighted by atomic mass is 10.1. The van der Waals surface area contributed by atoms with Crippen molar-refractivity contribution in [2.75, 3.05) is 19.6 Å². The van der Waals surface area contributed by atoms with Gasteiger partial charge in [-0.3, -0.25) is 9.59 Å². The zero-order valence-corrected chi connectivity index (χ0v) is 21.0. The van der Waals surface area contributed by atoms with Crippen LogP contribution in [0.25, 0.3) is 11.0 Å². The number of para-hydroxylation sites is 2. The minimum Gasteiger partial charge on any atom is -0.352 e. The Kier molecular flexibility index (Phi) is 8.93. The summed E-state index contributed by atoms with van der Waals surface area (Å²) in [6.07, 6.45) is 9.06. The zero-order chi connectivity index (χ0) is 24.5. The summed E-state index contributed by atoms with van der Waals surface area (Å²) >= 11 is 0. The molecule has 6 heteroatoms. The number of amides is 2. The third kappa shape index (κ3) is 6.93. The van der Waals surface area contributed by atoms with Crippen molar-refractivity contribution in [1.29, 1.82) is 0 Å². The molecular weight excluding hydrogens is 436 g/mol. The van der Waals surface area contributed by atoms with Crippen molar-refractivity contribution in [3.05, 3.63) is 65.5 Å². The summed E-state index contributed by atoms with van der Waals surface area (Å²) < 4.78 is 2.24. The van der Waals surface area contributed by atoms with E-state index in [-0.39, 0.29) is 11.8 Å². The van der Waals surface area contributed by atoms with Crippen molar-refractivity contribution in [2.24, 2.45) is 0 Å². The topological polar surface area (TPSA) is 67.2 Å². The number of hydrogen-bond acceptors (Lipinski definition) is 3. The van der Waals surface area contributed by atoms with Gasteiger partial charge < -0.3 is 14.8 Å². The number of likely N-dealkylation sites (tertiary alicyclic amines) is 1. The molecule has 0 spiro atoms. The van der Waals surface area contributed by atoms with Gasteiger partial charge in [0.15, 0.2) is 0 Å². The standard InChI is InChI=1S/C29H38N4O2/c1-23-14-16-24(17-15-23)29(35)30-19-8-4-5-13-27-31-25-11-6-7-12-26(25)33(27)22-18-28(34)32-20-9-2-3-10-21-32/h6-7,11-12,14-17H,2-5,8-10,13,18-22H2,1H3,(H,30,35). The SMILES string of the molecule is Cc1ccc(C(=O)NCCCCCc2nc3ccccc3n2CCC(=O)N2CCCCCC2)cc1. The van der Waals surface area contributed by atoms with E-state index in [1.54, 1.807) is 0 Å². The molecule has 0 radical (unpaired) electrons. The third-order valence-corrected chi connectivity index (χ3v) is 6.92. The molecule has 2 heterocycles.